The fraction of sp³-hybridized carbons (Fsp3) is 0.273. The van der Waals surface area contributed by atoms with Crippen LogP contribution in [0, 0.1) is 45.3 Å². The minimum Gasteiger partial charge on any atom is -0.381 e. The van der Waals surface area contributed by atoms with Crippen molar-refractivity contribution in [1.29, 1.82) is 21.0 Å². The molecule has 0 unspecified atom stereocenters. The summed E-state index contributed by atoms with van der Waals surface area (Å²) in [6.45, 7) is 0. The molecule has 1 saturated carbocycles. The summed E-state index contributed by atoms with van der Waals surface area (Å²) in [6.07, 6.45) is 3.84. The van der Waals surface area contributed by atoms with Crippen LogP contribution in [0.25, 0.3) is 0 Å². The van der Waals surface area contributed by atoms with Gasteiger partial charge in [0.15, 0.2) is 0 Å². The second-order valence-corrected chi connectivity index (χ2v) is 6.82. The van der Waals surface area contributed by atoms with Gasteiger partial charge in [-0.15, -0.1) is 0 Å². The molecule has 0 heterocycles. The zero-order chi connectivity index (χ0) is 19.9. The van der Waals surface area contributed by atoms with Crippen molar-refractivity contribution in [2.45, 2.75) is 37.8 Å². The Morgan fingerprint density at radius 3 is 1.54 bits per heavy atom. The van der Waals surface area contributed by atoms with E-state index < -0.39 is 0 Å². The fourth-order valence-corrected chi connectivity index (χ4v) is 3.56. The van der Waals surface area contributed by atoms with E-state index in [9.17, 15) is 10.5 Å². The maximum absolute atomic E-state index is 9.35. The van der Waals surface area contributed by atoms with Crippen LogP contribution < -0.4 is 10.6 Å². The number of anilines is 2. The highest BCUT2D eigenvalue weighted by Gasteiger charge is 2.23. The van der Waals surface area contributed by atoms with Crippen molar-refractivity contribution in [3.05, 3.63) is 58.7 Å². The Morgan fingerprint density at radius 1 is 0.679 bits per heavy atom. The quantitative estimate of drug-likeness (QED) is 0.844. The van der Waals surface area contributed by atoms with Crippen LogP contribution in [-0.4, -0.2) is 12.1 Å². The third kappa shape index (κ3) is 4.21. The molecule has 2 atom stereocenters. The molecule has 1 aliphatic carbocycles. The Kier molecular flexibility index (Phi) is 5.76. The average molecular weight is 366 g/mol. The van der Waals surface area contributed by atoms with Crippen molar-refractivity contribution in [2.24, 2.45) is 0 Å². The molecule has 1 fully saturated rings. The van der Waals surface area contributed by atoms with Gasteiger partial charge < -0.3 is 10.6 Å². The van der Waals surface area contributed by atoms with Crippen LogP contribution in [0.1, 0.15) is 47.9 Å². The number of hydrogen-bond donors (Lipinski definition) is 2. The molecule has 6 nitrogen and oxygen atoms in total. The largest absolute Gasteiger partial charge is 0.381 e. The summed E-state index contributed by atoms with van der Waals surface area (Å²) in [6, 6.07) is 18.9. The van der Waals surface area contributed by atoms with E-state index in [1.165, 1.54) is 0 Å². The highest BCUT2D eigenvalue weighted by molar-refractivity contribution is 5.62. The van der Waals surface area contributed by atoms with E-state index in [1.54, 1.807) is 36.4 Å². The lowest BCUT2D eigenvalue weighted by Gasteiger charge is -2.32. The van der Waals surface area contributed by atoms with E-state index in [0.717, 1.165) is 37.1 Å². The van der Waals surface area contributed by atoms with Crippen LogP contribution >= 0.6 is 0 Å². The Morgan fingerprint density at radius 2 is 1.14 bits per heavy atom. The lowest BCUT2D eigenvalue weighted by atomic mass is 9.90. The van der Waals surface area contributed by atoms with Gasteiger partial charge in [-0.05, 0) is 62.1 Å². The van der Waals surface area contributed by atoms with E-state index in [2.05, 4.69) is 34.9 Å². The molecule has 136 valence electrons. The third-order valence-electron chi connectivity index (χ3n) is 4.93. The molecule has 0 radical (unpaired) electrons. The standard InChI is InChI=1S/C22H18N6/c23-11-15-4-6-21(17(8-15)13-25)27-19-2-1-3-20(10-19)28-22-7-5-16(12-24)9-18(22)14-26/h4-9,19-20,27-28H,1-3,10H2/t19-,20+. The zero-order valence-electron chi connectivity index (χ0n) is 15.2. The molecule has 0 amide bonds. The molecule has 0 spiro atoms. The van der Waals surface area contributed by atoms with Crippen molar-refractivity contribution in [1.82, 2.24) is 0 Å². The topological polar surface area (TPSA) is 119 Å². The molecule has 6 heteroatoms. The van der Waals surface area contributed by atoms with Crippen molar-refractivity contribution >= 4 is 11.4 Å². The molecule has 28 heavy (non-hydrogen) atoms. The maximum Gasteiger partial charge on any atom is 0.101 e. The van der Waals surface area contributed by atoms with Gasteiger partial charge in [-0.2, -0.15) is 21.0 Å². The van der Waals surface area contributed by atoms with Gasteiger partial charge in [-0.3, -0.25) is 0 Å². The number of nitrogens with one attached hydrogen (secondary N) is 2. The maximum atomic E-state index is 9.35. The average Bonchev–Trinajstić information content (AvgIpc) is 2.74. The van der Waals surface area contributed by atoms with Gasteiger partial charge in [-0.1, -0.05) is 0 Å². The van der Waals surface area contributed by atoms with Crippen molar-refractivity contribution in [3.8, 4) is 24.3 Å². The number of nitriles is 4. The van der Waals surface area contributed by atoms with Crippen LogP contribution in [0.5, 0.6) is 0 Å². The van der Waals surface area contributed by atoms with Gasteiger partial charge in [0.05, 0.1) is 45.8 Å². The monoisotopic (exact) mass is 366 g/mol. The highest BCUT2D eigenvalue weighted by Crippen LogP contribution is 2.28. The summed E-state index contributed by atoms with van der Waals surface area (Å²) in [7, 11) is 0. The number of rotatable bonds is 4. The Balaban J connectivity index is 1.71. The summed E-state index contributed by atoms with van der Waals surface area (Å²) >= 11 is 0. The van der Waals surface area contributed by atoms with Crippen molar-refractivity contribution in [2.75, 3.05) is 10.6 Å². The van der Waals surface area contributed by atoms with Crippen LogP contribution in [0.3, 0.4) is 0 Å². The summed E-state index contributed by atoms with van der Waals surface area (Å²) in [5.74, 6) is 0. The van der Waals surface area contributed by atoms with E-state index in [1.807, 2.05) is 0 Å². The predicted molar refractivity (Wildman–Crippen MR) is 105 cm³/mol. The third-order valence-corrected chi connectivity index (χ3v) is 4.93. The van der Waals surface area contributed by atoms with Crippen molar-refractivity contribution < 1.29 is 0 Å². The molecule has 0 saturated heterocycles. The first-order chi connectivity index (χ1) is 13.7. The van der Waals surface area contributed by atoms with Gasteiger partial charge in [-0.25, -0.2) is 0 Å². The first kappa shape index (κ1) is 18.8. The van der Waals surface area contributed by atoms with Gasteiger partial charge in [0.2, 0.25) is 0 Å². The smallest absolute Gasteiger partial charge is 0.101 e. The number of benzene rings is 2. The minimum atomic E-state index is 0.190. The molecule has 0 aromatic heterocycles. The summed E-state index contributed by atoms with van der Waals surface area (Å²) in [5, 5.41) is 43.6. The molecule has 0 bridgehead atoms. The number of hydrogen-bond acceptors (Lipinski definition) is 6. The van der Waals surface area contributed by atoms with Crippen molar-refractivity contribution in [3.63, 3.8) is 0 Å². The minimum absolute atomic E-state index is 0.190. The Bertz CT molecular complexity index is 961. The first-order valence-corrected chi connectivity index (χ1v) is 9.08. The van der Waals surface area contributed by atoms with E-state index in [-0.39, 0.29) is 12.1 Å². The summed E-state index contributed by atoms with van der Waals surface area (Å²) in [5.41, 5.74) is 3.35. The van der Waals surface area contributed by atoms with Gasteiger partial charge >= 0.3 is 0 Å². The van der Waals surface area contributed by atoms with Crippen LogP contribution in [-0.2, 0) is 0 Å². The van der Waals surface area contributed by atoms with Crippen LogP contribution in [0.2, 0.25) is 0 Å². The van der Waals surface area contributed by atoms with Gasteiger partial charge in [0.25, 0.3) is 0 Å². The molecule has 2 aromatic rings. The van der Waals surface area contributed by atoms with Gasteiger partial charge in [0, 0.05) is 12.1 Å². The van der Waals surface area contributed by atoms with Crippen LogP contribution in [0.15, 0.2) is 36.4 Å². The molecule has 2 aromatic carbocycles. The van der Waals surface area contributed by atoms with Crippen LogP contribution in [0.4, 0.5) is 11.4 Å². The molecule has 1 aliphatic rings. The second-order valence-electron chi connectivity index (χ2n) is 6.82. The predicted octanol–water partition coefficient (Wildman–Crippen LogP) is 4.01. The Labute approximate surface area is 164 Å². The molecule has 3 rings (SSSR count). The summed E-state index contributed by atoms with van der Waals surface area (Å²) < 4.78 is 0. The van der Waals surface area contributed by atoms with E-state index >= 15 is 0 Å². The van der Waals surface area contributed by atoms with E-state index in [4.69, 9.17) is 10.5 Å². The molecular formula is C22H18N6. The summed E-state index contributed by atoms with van der Waals surface area (Å²) in [4.78, 5) is 0. The number of nitrogens with zero attached hydrogens (tertiary/aromatic N) is 4. The lowest BCUT2D eigenvalue weighted by molar-refractivity contribution is 0.428. The fourth-order valence-electron chi connectivity index (χ4n) is 3.56. The lowest BCUT2D eigenvalue weighted by Crippen LogP contribution is -2.34. The Hall–Kier alpha value is -4.00. The zero-order valence-corrected chi connectivity index (χ0v) is 15.2. The van der Waals surface area contributed by atoms with E-state index in [0.29, 0.717) is 22.3 Å². The normalized spacial score (nSPS) is 18.0. The SMILES string of the molecule is N#Cc1ccc(N[C@@H]2CCC[C@H](Nc3ccc(C#N)cc3C#N)C2)c(C#N)c1. The molecular weight excluding hydrogens is 348 g/mol. The molecule has 0 aliphatic heterocycles. The highest BCUT2D eigenvalue weighted by atomic mass is 15.0. The first-order valence-electron chi connectivity index (χ1n) is 9.08. The second kappa shape index (κ2) is 8.59. The van der Waals surface area contributed by atoms with Gasteiger partial charge in [0.1, 0.15) is 12.1 Å². The molecule has 2 N–H and O–H groups in total.